The molecular weight excluding hydrogens is 428 g/mol. The monoisotopic (exact) mass is 464 g/mol. The Hall–Kier alpha value is -3.16. The minimum Gasteiger partial charge on any atom is -0.504 e. The Morgan fingerprint density at radius 2 is 0.848 bits per heavy atom. The number of hydrogen-bond donors (Lipinski definition) is 4. The molecule has 0 heterocycles. The molecule has 0 radical (unpaired) electrons. The highest BCUT2D eigenvalue weighted by molar-refractivity contribution is 5.60. The normalized spacial score (nSPS) is 10.8. The van der Waals surface area contributed by atoms with E-state index in [0.29, 0.717) is 24.0 Å². The van der Waals surface area contributed by atoms with Crippen LogP contribution in [0.5, 0.6) is 46.0 Å². The van der Waals surface area contributed by atoms with Crippen molar-refractivity contribution in [3.63, 3.8) is 0 Å². The Morgan fingerprint density at radius 3 is 1.15 bits per heavy atom. The van der Waals surface area contributed by atoms with Gasteiger partial charge in [0, 0.05) is 23.3 Å². The smallest absolute Gasteiger partial charge is 0.167 e. The molecule has 0 atom stereocenters. The Bertz CT molecular complexity index is 837. The molecule has 33 heavy (non-hydrogen) atoms. The Balaban J connectivity index is 1.75. The Labute approximate surface area is 195 Å². The summed E-state index contributed by atoms with van der Waals surface area (Å²) in [5.41, 5.74) is 1.12. The zero-order chi connectivity index (χ0) is 24.4. The first-order valence-electron chi connectivity index (χ1n) is 11.2. The Morgan fingerprint density at radius 1 is 0.515 bits per heavy atom. The third kappa shape index (κ3) is 6.43. The van der Waals surface area contributed by atoms with Crippen LogP contribution in [0.25, 0.3) is 0 Å². The number of benzene rings is 2. The van der Waals surface area contributed by atoms with Crippen LogP contribution in [0.15, 0.2) is 12.1 Å². The predicted molar refractivity (Wildman–Crippen MR) is 125 cm³/mol. The largest absolute Gasteiger partial charge is 0.504 e. The molecule has 8 nitrogen and oxygen atoms in total. The summed E-state index contributed by atoms with van der Waals surface area (Å²) >= 11 is 0. The van der Waals surface area contributed by atoms with Gasteiger partial charge in [-0.25, -0.2) is 0 Å². The zero-order valence-electron chi connectivity index (χ0n) is 19.9. The van der Waals surface area contributed by atoms with Crippen molar-refractivity contribution in [1.82, 2.24) is 0 Å². The van der Waals surface area contributed by atoms with E-state index < -0.39 is 0 Å². The first-order valence-corrected chi connectivity index (χ1v) is 11.2. The van der Waals surface area contributed by atoms with Crippen LogP contribution in [0.2, 0.25) is 0 Å². The minimum absolute atomic E-state index is 0.00871. The molecule has 0 unspecified atom stereocenters. The van der Waals surface area contributed by atoms with Crippen LogP contribution in [0.4, 0.5) is 0 Å². The lowest BCUT2D eigenvalue weighted by molar-refractivity contribution is 0.339. The van der Waals surface area contributed by atoms with Gasteiger partial charge in [-0.15, -0.1) is 0 Å². The number of methoxy groups -OCH3 is 4. The maximum Gasteiger partial charge on any atom is 0.167 e. The molecular formula is C25H36O8. The van der Waals surface area contributed by atoms with Gasteiger partial charge in [-0.1, -0.05) is 32.1 Å². The van der Waals surface area contributed by atoms with E-state index in [1.807, 2.05) is 0 Å². The van der Waals surface area contributed by atoms with Gasteiger partial charge in [0.1, 0.15) is 0 Å². The van der Waals surface area contributed by atoms with Gasteiger partial charge in [0.05, 0.1) is 28.4 Å². The number of phenolic OH excluding ortho intramolecular Hbond substituents is 4. The van der Waals surface area contributed by atoms with Crippen LogP contribution in [0.3, 0.4) is 0 Å². The van der Waals surface area contributed by atoms with Gasteiger partial charge in [-0.2, -0.15) is 0 Å². The zero-order valence-corrected chi connectivity index (χ0v) is 19.9. The summed E-state index contributed by atoms with van der Waals surface area (Å²) in [7, 11) is 5.82. The Kier molecular flexibility index (Phi) is 10.1. The van der Waals surface area contributed by atoms with E-state index in [4.69, 9.17) is 18.9 Å². The number of phenols is 4. The third-order valence-corrected chi connectivity index (χ3v) is 5.79. The van der Waals surface area contributed by atoms with E-state index in [1.165, 1.54) is 40.6 Å². The van der Waals surface area contributed by atoms with E-state index in [9.17, 15) is 20.4 Å². The molecule has 0 aliphatic heterocycles. The molecule has 8 heteroatoms. The second kappa shape index (κ2) is 12.8. The maximum atomic E-state index is 10.4. The van der Waals surface area contributed by atoms with Crippen molar-refractivity contribution in [2.45, 2.75) is 57.8 Å². The van der Waals surface area contributed by atoms with E-state index in [2.05, 4.69) is 0 Å². The van der Waals surface area contributed by atoms with Crippen LogP contribution in [-0.4, -0.2) is 48.9 Å². The standard InChI is InChI=1S/C25H36O8/c1-30-20-14-18(26)24(32-3)16(22(20)28)12-10-8-6-5-7-9-11-13-17-23(29)21(31-2)15-19(27)25(17)33-4/h14-15,26-29H,5-13H2,1-4H3. The quantitative estimate of drug-likeness (QED) is 0.226. The molecule has 0 saturated heterocycles. The fourth-order valence-corrected chi connectivity index (χ4v) is 4.06. The van der Waals surface area contributed by atoms with Gasteiger partial charge < -0.3 is 39.4 Å². The highest BCUT2D eigenvalue weighted by Gasteiger charge is 2.19. The summed E-state index contributed by atoms with van der Waals surface area (Å²) in [4.78, 5) is 0. The van der Waals surface area contributed by atoms with E-state index in [1.54, 1.807) is 0 Å². The molecule has 0 amide bonds. The second-order valence-corrected chi connectivity index (χ2v) is 7.89. The van der Waals surface area contributed by atoms with Gasteiger partial charge in [0.25, 0.3) is 0 Å². The lowest BCUT2D eigenvalue weighted by Crippen LogP contribution is -1.97. The van der Waals surface area contributed by atoms with Crippen molar-refractivity contribution >= 4 is 0 Å². The summed E-state index contributed by atoms with van der Waals surface area (Å²) in [6, 6.07) is 2.69. The van der Waals surface area contributed by atoms with Crippen LogP contribution in [0, 0.1) is 0 Å². The average Bonchev–Trinajstić information content (AvgIpc) is 2.81. The van der Waals surface area contributed by atoms with Gasteiger partial charge in [0.15, 0.2) is 46.0 Å². The molecule has 2 aromatic carbocycles. The van der Waals surface area contributed by atoms with Gasteiger partial charge >= 0.3 is 0 Å². The molecule has 4 N–H and O–H groups in total. The van der Waals surface area contributed by atoms with Crippen molar-refractivity contribution in [2.75, 3.05) is 28.4 Å². The fourth-order valence-electron chi connectivity index (χ4n) is 4.06. The predicted octanol–water partition coefficient (Wildman–Crippen LogP) is 5.06. The molecule has 0 aromatic heterocycles. The van der Waals surface area contributed by atoms with Crippen molar-refractivity contribution in [3.8, 4) is 46.0 Å². The number of aromatic hydroxyl groups is 4. The summed E-state index contributed by atoms with van der Waals surface area (Å²) < 4.78 is 20.7. The molecule has 184 valence electrons. The molecule has 0 spiro atoms. The first-order chi connectivity index (χ1) is 15.9. The van der Waals surface area contributed by atoms with Crippen LogP contribution < -0.4 is 18.9 Å². The number of hydrogen-bond acceptors (Lipinski definition) is 8. The molecule has 2 aromatic rings. The number of ether oxygens (including phenoxy) is 4. The van der Waals surface area contributed by atoms with Gasteiger partial charge in [-0.05, 0) is 25.7 Å². The molecule has 0 aliphatic rings. The maximum absolute atomic E-state index is 10.4. The van der Waals surface area contributed by atoms with Crippen molar-refractivity contribution in [1.29, 1.82) is 0 Å². The van der Waals surface area contributed by atoms with Gasteiger partial charge in [0.2, 0.25) is 0 Å². The van der Waals surface area contributed by atoms with Gasteiger partial charge in [-0.3, -0.25) is 0 Å². The van der Waals surface area contributed by atoms with Crippen LogP contribution >= 0.6 is 0 Å². The summed E-state index contributed by atoms with van der Waals surface area (Å²) in [5.74, 6) is 0.962. The number of rotatable bonds is 14. The average molecular weight is 465 g/mol. The lowest BCUT2D eigenvalue weighted by Gasteiger charge is -2.15. The first kappa shape index (κ1) is 26.1. The third-order valence-electron chi connectivity index (χ3n) is 5.79. The summed E-state index contributed by atoms with van der Waals surface area (Å²) in [6.45, 7) is 0. The van der Waals surface area contributed by atoms with Crippen LogP contribution in [0.1, 0.15) is 56.1 Å². The highest BCUT2D eigenvalue weighted by Crippen LogP contribution is 2.45. The highest BCUT2D eigenvalue weighted by atomic mass is 16.5. The number of unbranched alkanes of at least 4 members (excludes halogenated alkanes) is 6. The van der Waals surface area contributed by atoms with E-state index in [-0.39, 0.29) is 46.0 Å². The van der Waals surface area contributed by atoms with E-state index in [0.717, 1.165) is 44.9 Å². The van der Waals surface area contributed by atoms with Crippen molar-refractivity contribution in [2.24, 2.45) is 0 Å². The van der Waals surface area contributed by atoms with E-state index >= 15 is 0 Å². The molecule has 0 fully saturated rings. The minimum atomic E-state index is -0.0471. The van der Waals surface area contributed by atoms with Crippen LogP contribution in [-0.2, 0) is 12.8 Å². The topological polar surface area (TPSA) is 118 Å². The summed E-state index contributed by atoms with van der Waals surface area (Å²) in [5, 5.41) is 40.9. The second-order valence-electron chi connectivity index (χ2n) is 7.89. The molecule has 0 aliphatic carbocycles. The molecule has 2 rings (SSSR count). The van der Waals surface area contributed by atoms with Crippen molar-refractivity contribution < 1.29 is 39.4 Å². The SMILES string of the molecule is COc1cc(O)c(OC)c(CCCCCCCCCc2c(O)c(OC)cc(O)c2OC)c1O. The summed E-state index contributed by atoms with van der Waals surface area (Å²) in [6.07, 6.45) is 8.00. The molecule has 0 bridgehead atoms. The lowest BCUT2D eigenvalue weighted by atomic mass is 10.0. The molecule has 0 saturated carbocycles. The van der Waals surface area contributed by atoms with Crippen molar-refractivity contribution in [3.05, 3.63) is 23.3 Å². The fraction of sp³-hybridized carbons (Fsp3) is 0.520.